The second-order valence-electron chi connectivity index (χ2n) is 4.93. The third-order valence-corrected chi connectivity index (χ3v) is 3.25. The number of likely N-dealkylation sites (N-methyl/N-ethyl adjacent to an activating group) is 1. The molecule has 0 saturated heterocycles. The van der Waals surface area contributed by atoms with Crippen LogP contribution in [0.4, 0.5) is 0 Å². The number of hydrogen-bond acceptors (Lipinski definition) is 3. The van der Waals surface area contributed by atoms with Crippen LogP contribution < -0.4 is 5.32 Å². The minimum Gasteiger partial charge on any atom is -0.392 e. The summed E-state index contributed by atoms with van der Waals surface area (Å²) < 4.78 is 0. The molecule has 16 heavy (non-hydrogen) atoms. The molecule has 0 aromatic rings. The molecule has 1 amide bonds. The summed E-state index contributed by atoms with van der Waals surface area (Å²) in [6, 6.07) is -0.144. The molecule has 94 valence electrons. The Hall–Kier alpha value is -0.610. The first-order valence-electron chi connectivity index (χ1n) is 6.17. The molecule has 4 nitrogen and oxygen atoms in total. The molecule has 1 fully saturated rings. The van der Waals surface area contributed by atoms with Gasteiger partial charge in [-0.1, -0.05) is 19.3 Å². The molecule has 0 radical (unpaired) electrons. The van der Waals surface area contributed by atoms with Gasteiger partial charge in [-0.2, -0.15) is 0 Å². The lowest BCUT2D eigenvalue weighted by molar-refractivity contribution is -0.130. The Morgan fingerprint density at radius 3 is 2.56 bits per heavy atom. The van der Waals surface area contributed by atoms with Crippen LogP contribution in [-0.2, 0) is 4.79 Å². The fraction of sp³-hybridized carbons (Fsp3) is 0.917. The van der Waals surface area contributed by atoms with E-state index in [9.17, 15) is 9.90 Å². The second kappa shape index (κ2) is 6.21. The molecule has 0 aliphatic heterocycles. The fourth-order valence-electron chi connectivity index (χ4n) is 2.26. The van der Waals surface area contributed by atoms with Gasteiger partial charge in [0, 0.05) is 20.1 Å². The SMILES string of the molecule is CC(NC1CCCCCC1O)C(=O)N(C)C. The average molecular weight is 228 g/mol. The molecule has 3 unspecified atom stereocenters. The van der Waals surface area contributed by atoms with E-state index < -0.39 is 0 Å². The lowest BCUT2D eigenvalue weighted by Crippen LogP contribution is -2.50. The fourth-order valence-corrected chi connectivity index (χ4v) is 2.26. The summed E-state index contributed by atoms with van der Waals surface area (Å²) in [5.41, 5.74) is 0. The summed E-state index contributed by atoms with van der Waals surface area (Å²) in [6.45, 7) is 1.86. The summed E-state index contributed by atoms with van der Waals surface area (Å²) >= 11 is 0. The third kappa shape index (κ3) is 3.76. The van der Waals surface area contributed by atoms with Crippen LogP contribution in [0.5, 0.6) is 0 Å². The molecule has 1 aliphatic rings. The summed E-state index contributed by atoms with van der Waals surface area (Å²) in [7, 11) is 3.51. The Morgan fingerprint density at radius 1 is 1.31 bits per heavy atom. The van der Waals surface area contributed by atoms with Gasteiger partial charge in [-0.25, -0.2) is 0 Å². The lowest BCUT2D eigenvalue weighted by Gasteiger charge is -2.26. The largest absolute Gasteiger partial charge is 0.392 e. The zero-order valence-electron chi connectivity index (χ0n) is 10.6. The minimum absolute atomic E-state index is 0.0662. The van der Waals surface area contributed by atoms with Gasteiger partial charge in [0.05, 0.1) is 12.1 Å². The first-order chi connectivity index (χ1) is 7.52. The maximum Gasteiger partial charge on any atom is 0.238 e. The predicted molar refractivity (Wildman–Crippen MR) is 64.2 cm³/mol. The van der Waals surface area contributed by atoms with Crippen molar-refractivity contribution in [1.29, 1.82) is 0 Å². The Kier molecular flexibility index (Phi) is 5.22. The van der Waals surface area contributed by atoms with Gasteiger partial charge in [0.2, 0.25) is 5.91 Å². The highest BCUT2D eigenvalue weighted by Gasteiger charge is 2.25. The van der Waals surface area contributed by atoms with E-state index in [1.165, 1.54) is 6.42 Å². The summed E-state index contributed by atoms with van der Waals surface area (Å²) in [6.07, 6.45) is 4.92. The second-order valence-corrected chi connectivity index (χ2v) is 4.93. The molecule has 0 aromatic heterocycles. The molecule has 2 N–H and O–H groups in total. The Labute approximate surface area is 98.0 Å². The quantitative estimate of drug-likeness (QED) is 0.701. The number of nitrogens with one attached hydrogen (secondary N) is 1. The third-order valence-electron chi connectivity index (χ3n) is 3.25. The summed E-state index contributed by atoms with van der Waals surface area (Å²) in [5.74, 6) is 0.0662. The Balaban J connectivity index is 2.47. The van der Waals surface area contributed by atoms with E-state index >= 15 is 0 Å². The van der Waals surface area contributed by atoms with Gasteiger partial charge in [-0.3, -0.25) is 4.79 Å². The smallest absolute Gasteiger partial charge is 0.238 e. The van der Waals surface area contributed by atoms with Crippen molar-refractivity contribution in [3.8, 4) is 0 Å². The van der Waals surface area contributed by atoms with Gasteiger partial charge >= 0.3 is 0 Å². The molecular formula is C12H24N2O2. The summed E-state index contributed by atoms with van der Waals surface area (Å²) in [5, 5.41) is 13.2. The van der Waals surface area contributed by atoms with E-state index in [0.717, 1.165) is 25.7 Å². The zero-order chi connectivity index (χ0) is 12.1. The predicted octanol–water partition coefficient (Wildman–Crippen LogP) is 0.746. The van der Waals surface area contributed by atoms with E-state index in [0.29, 0.717) is 0 Å². The highest BCUT2D eigenvalue weighted by molar-refractivity contribution is 5.80. The van der Waals surface area contributed by atoms with Crippen molar-refractivity contribution in [2.75, 3.05) is 14.1 Å². The first-order valence-corrected chi connectivity index (χ1v) is 6.17. The average Bonchev–Trinajstić information content (AvgIpc) is 2.43. The molecule has 0 spiro atoms. The van der Waals surface area contributed by atoms with Crippen molar-refractivity contribution >= 4 is 5.91 Å². The van der Waals surface area contributed by atoms with Crippen molar-refractivity contribution in [2.45, 2.75) is 57.2 Å². The highest BCUT2D eigenvalue weighted by Crippen LogP contribution is 2.18. The number of hydrogen-bond donors (Lipinski definition) is 2. The number of amides is 1. The van der Waals surface area contributed by atoms with E-state index in [2.05, 4.69) is 5.32 Å². The van der Waals surface area contributed by atoms with E-state index in [4.69, 9.17) is 0 Å². The molecule has 3 atom stereocenters. The van der Waals surface area contributed by atoms with Crippen LogP contribution in [0.3, 0.4) is 0 Å². The van der Waals surface area contributed by atoms with Crippen molar-refractivity contribution in [1.82, 2.24) is 10.2 Å². The number of nitrogens with zero attached hydrogens (tertiary/aromatic N) is 1. The van der Waals surface area contributed by atoms with Gasteiger partial charge in [0.1, 0.15) is 0 Å². The Morgan fingerprint density at radius 2 is 1.94 bits per heavy atom. The van der Waals surface area contributed by atoms with Crippen LogP contribution >= 0.6 is 0 Å². The normalized spacial score (nSPS) is 28.2. The van der Waals surface area contributed by atoms with Gasteiger partial charge in [-0.05, 0) is 19.8 Å². The van der Waals surface area contributed by atoms with Crippen LogP contribution in [0.25, 0.3) is 0 Å². The zero-order valence-corrected chi connectivity index (χ0v) is 10.6. The van der Waals surface area contributed by atoms with Gasteiger partial charge in [-0.15, -0.1) is 0 Å². The molecule has 1 saturated carbocycles. The monoisotopic (exact) mass is 228 g/mol. The number of aliphatic hydroxyl groups is 1. The maximum atomic E-state index is 11.7. The standard InChI is InChI=1S/C12H24N2O2/c1-9(12(16)14(2)3)13-10-7-5-4-6-8-11(10)15/h9-11,13,15H,4-8H2,1-3H3. The minimum atomic E-state index is -0.306. The Bertz CT molecular complexity index is 231. The number of rotatable bonds is 3. The van der Waals surface area contributed by atoms with E-state index in [1.54, 1.807) is 19.0 Å². The number of carbonyl (C=O) groups is 1. The molecule has 0 heterocycles. The van der Waals surface area contributed by atoms with Gasteiger partial charge in [0.15, 0.2) is 0 Å². The molecule has 1 aliphatic carbocycles. The van der Waals surface area contributed by atoms with Crippen molar-refractivity contribution < 1.29 is 9.90 Å². The van der Waals surface area contributed by atoms with Gasteiger partial charge in [0.25, 0.3) is 0 Å². The topological polar surface area (TPSA) is 52.6 Å². The van der Waals surface area contributed by atoms with Crippen molar-refractivity contribution in [3.05, 3.63) is 0 Å². The number of aliphatic hydroxyl groups excluding tert-OH is 1. The molecule has 0 bridgehead atoms. The van der Waals surface area contributed by atoms with Crippen LogP contribution in [0.15, 0.2) is 0 Å². The molecule has 0 aromatic carbocycles. The van der Waals surface area contributed by atoms with Crippen LogP contribution in [0.2, 0.25) is 0 Å². The number of carbonyl (C=O) groups excluding carboxylic acids is 1. The van der Waals surface area contributed by atoms with E-state index in [-0.39, 0.29) is 24.1 Å². The summed E-state index contributed by atoms with van der Waals surface area (Å²) in [4.78, 5) is 13.3. The van der Waals surface area contributed by atoms with Gasteiger partial charge < -0.3 is 15.3 Å². The van der Waals surface area contributed by atoms with Crippen LogP contribution in [0.1, 0.15) is 39.0 Å². The van der Waals surface area contributed by atoms with Crippen molar-refractivity contribution in [2.24, 2.45) is 0 Å². The first kappa shape index (κ1) is 13.5. The maximum absolute atomic E-state index is 11.7. The van der Waals surface area contributed by atoms with Crippen LogP contribution in [-0.4, -0.2) is 48.2 Å². The van der Waals surface area contributed by atoms with E-state index in [1.807, 2.05) is 6.92 Å². The molecule has 4 heteroatoms. The van der Waals surface area contributed by atoms with Crippen LogP contribution in [0, 0.1) is 0 Å². The molecule has 1 rings (SSSR count). The highest BCUT2D eigenvalue weighted by atomic mass is 16.3. The van der Waals surface area contributed by atoms with Crippen molar-refractivity contribution in [3.63, 3.8) is 0 Å². The lowest BCUT2D eigenvalue weighted by atomic mass is 10.0. The molecular weight excluding hydrogens is 204 g/mol.